The molecule has 0 saturated heterocycles. The fourth-order valence-electron chi connectivity index (χ4n) is 2.90. The van der Waals surface area contributed by atoms with Crippen molar-refractivity contribution in [3.8, 4) is 5.75 Å². The first-order chi connectivity index (χ1) is 12.3. The largest absolute Gasteiger partial charge is 0.489 e. The number of nitrogens with two attached hydrogens (primary N) is 1. The topological polar surface area (TPSA) is 73.1 Å². The first-order valence-electron chi connectivity index (χ1n) is 8.36. The predicted molar refractivity (Wildman–Crippen MR) is 99.5 cm³/mol. The number of rotatable bonds is 7. The first-order valence-corrected chi connectivity index (χ1v) is 9.17. The van der Waals surface area contributed by atoms with Gasteiger partial charge < -0.3 is 15.8 Å². The van der Waals surface area contributed by atoms with Crippen LogP contribution in [-0.2, 0) is 13.2 Å². The zero-order valence-corrected chi connectivity index (χ0v) is 14.6. The normalized spacial score (nSPS) is 18.9. The van der Waals surface area contributed by atoms with E-state index in [4.69, 9.17) is 10.5 Å². The van der Waals surface area contributed by atoms with E-state index in [0.29, 0.717) is 23.7 Å². The molecule has 4 rings (SSSR count). The van der Waals surface area contributed by atoms with Crippen LogP contribution in [0.5, 0.6) is 5.75 Å². The van der Waals surface area contributed by atoms with Crippen molar-refractivity contribution >= 4 is 16.5 Å². The van der Waals surface area contributed by atoms with Gasteiger partial charge in [-0.2, -0.15) is 0 Å². The molecule has 6 heteroatoms. The molecule has 1 aromatic heterocycles. The summed E-state index contributed by atoms with van der Waals surface area (Å²) in [5.41, 5.74) is 8.12. The maximum Gasteiger partial charge on any atom is 0.203 e. The average molecular weight is 352 g/mol. The van der Waals surface area contributed by atoms with E-state index in [-0.39, 0.29) is 0 Å². The van der Waals surface area contributed by atoms with Gasteiger partial charge in [0.05, 0.1) is 6.54 Å². The van der Waals surface area contributed by atoms with Gasteiger partial charge in [-0.25, -0.2) is 0 Å². The van der Waals surface area contributed by atoms with Crippen molar-refractivity contribution < 1.29 is 4.74 Å². The van der Waals surface area contributed by atoms with E-state index >= 15 is 0 Å². The number of hydrogen-bond acceptors (Lipinski definition) is 6. The molecule has 1 aliphatic carbocycles. The summed E-state index contributed by atoms with van der Waals surface area (Å²) in [6.07, 6.45) is 1.15. The number of nitrogens with zero attached hydrogens (tertiary/aromatic N) is 2. The van der Waals surface area contributed by atoms with Crippen molar-refractivity contribution in [2.24, 2.45) is 0 Å². The lowest BCUT2D eigenvalue weighted by atomic mass is 10.1. The zero-order chi connectivity index (χ0) is 17.1. The van der Waals surface area contributed by atoms with Gasteiger partial charge in [0.15, 0.2) is 0 Å². The summed E-state index contributed by atoms with van der Waals surface area (Å²) in [5.74, 6) is 1.47. The summed E-state index contributed by atoms with van der Waals surface area (Å²) in [5, 5.41) is 12.8. The summed E-state index contributed by atoms with van der Waals surface area (Å²) in [6, 6.07) is 19.1. The second kappa shape index (κ2) is 7.21. The monoisotopic (exact) mass is 352 g/mol. The van der Waals surface area contributed by atoms with Crippen LogP contribution in [0.1, 0.15) is 28.5 Å². The van der Waals surface area contributed by atoms with Gasteiger partial charge in [0.25, 0.3) is 0 Å². The van der Waals surface area contributed by atoms with Gasteiger partial charge in [0.2, 0.25) is 5.13 Å². The third-order valence-corrected chi connectivity index (χ3v) is 5.10. The highest BCUT2D eigenvalue weighted by Crippen LogP contribution is 2.41. The molecule has 1 fully saturated rings. The molecule has 0 spiro atoms. The lowest BCUT2D eigenvalue weighted by molar-refractivity contribution is 0.306. The summed E-state index contributed by atoms with van der Waals surface area (Å²) in [7, 11) is 0. The van der Waals surface area contributed by atoms with E-state index in [1.165, 1.54) is 22.5 Å². The minimum atomic E-state index is 0.501. The lowest BCUT2D eigenvalue weighted by Crippen LogP contribution is -2.17. The van der Waals surface area contributed by atoms with Crippen LogP contribution < -0.4 is 15.8 Å². The summed E-state index contributed by atoms with van der Waals surface area (Å²) >= 11 is 1.44. The molecule has 0 amide bonds. The Bertz CT molecular complexity index is 819. The van der Waals surface area contributed by atoms with Crippen LogP contribution >= 0.6 is 11.3 Å². The molecule has 128 valence electrons. The molecule has 0 bridgehead atoms. The van der Waals surface area contributed by atoms with Crippen LogP contribution in [0.15, 0.2) is 54.6 Å². The van der Waals surface area contributed by atoms with Crippen LogP contribution in [0.4, 0.5) is 5.13 Å². The maximum atomic E-state index is 5.84. The van der Waals surface area contributed by atoms with Crippen LogP contribution in [0.3, 0.4) is 0 Å². The quantitative estimate of drug-likeness (QED) is 0.682. The Hall–Kier alpha value is -2.44. The molecule has 25 heavy (non-hydrogen) atoms. The van der Waals surface area contributed by atoms with Crippen LogP contribution in [0, 0.1) is 0 Å². The van der Waals surface area contributed by atoms with Gasteiger partial charge in [-0.1, -0.05) is 53.8 Å². The Morgan fingerprint density at radius 3 is 2.60 bits per heavy atom. The van der Waals surface area contributed by atoms with Crippen LogP contribution in [0.2, 0.25) is 0 Å². The molecular formula is C19H20N4OS. The van der Waals surface area contributed by atoms with Gasteiger partial charge in [0.1, 0.15) is 17.4 Å². The van der Waals surface area contributed by atoms with Crippen molar-refractivity contribution in [2.75, 3.05) is 5.73 Å². The smallest absolute Gasteiger partial charge is 0.203 e. The number of nitrogen functional groups attached to an aromatic ring is 1. The van der Waals surface area contributed by atoms with E-state index < -0.39 is 0 Å². The third kappa shape index (κ3) is 4.15. The van der Waals surface area contributed by atoms with E-state index in [1.807, 2.05) is 18.2 Å². The lowest BCUT2D eigenvalue weighted by Gasteiger charge is -2.07. The molecule has 1 heterocycles. The highest BCUT2D eigenvalue weighted by molar-refractivity contribution is 7.15. The molecule has 1 aliphatic rings. The van der Waals surface area contributed by atoms with Crippen molar-refractivity contribution in [2.45, 2.75) is 31.5 Å². The minimum Gasteiger partial charge on any atom is -0.489 e. The van der Waals surface area contributed by atoms with Gasteiger partial charge in [0, 0.05) is 12.0 Å². The molecule has 3 aromatic rings. The van der Waals surface area contributed by atoms with Gasteiger partial charge in [-0.15, -0.1) is 10.2 Å². The number of aromatic nitrogens is 2. The van der Waals surface area contributed by atoms with Crippen molar-refractivity contribution in [3.05, 3.63) is 70.7 Å². The zero-order valence-electron chi connectivity index (χ0n) is 13.8. The number of ether oxygens (including phenoxy) is 1. The van der Waals surface area contributed by atoms with Crippen molar-refractivity contribution in [3.63, 3.8) is 0 Å². The van der Waals surface area contributed by atoms with Crippen molar-refractivity contribution in [1.82, 2.24) is 15.5 Å². The molecule has 1 unspecified atom stereocenters. The molecule has 0 radical (unpaired) electrons. The second-order valence-corrected chi connectivity index (χ2v) is 7.30. The standard InChI is InChI=1S/C19H20N4OS/c20-19-23-22-18(25-19)11-21-17-10-16(17)14-6-8-15(9-7-14)24-12-13-4-2-1-3-5-13/h1-9,16-17,21H,10-12H2,(H2,20,23)/t16-,17?/m1/s1. The van der Waals surface area contributed by atoms with Gasteiger partial charge in [-0.3, -0.25) is 0 Å². The molecule has 5 nitrogen and oxygen atoms in total. The fraction of sp³-hybridized carbons (Fsp3) is 0.263. The molecule has 2 aromatic carbocycles. The highest BCUT2D eigenvalue weighted by atomic mass is 32.1. The van der Waals surface area contributed by atoms with Gasteiger partial charge in [-0.05, 0) is 29.7 Å². The molecular weight excluding hydrogens is 332 g/mol. The Kier molecular flexibility index (Phi) is 4.63. The van der Waals surface area contributed by atoms with Crippen LogP contribution in [-0.4, -0.2) is 16.2 Å². The highest BCUT2D eigenvalue weighted by Gasteiger charge is 2.37. The van der Waals surface area contributed by atoms with E-state index in [9.17, 15) is 0 Å². The molecule has 3 N–H and O–H groups in total. The summed E-state index contributed by atoms with van der Waals surface area (Å²) in [4.78, 5) is 0. The Labute approximate surface area is 150 Å². The predicted octanol–water partition coefficient (Wildman–Crippen LogP) is 3.35. The molecule has 2 atom stereocenters. The SMILES string of the molecule is Nc1nnc(CNC2C[C@@H]2c2ccc(OCc3ccccc3)cc2)s1. The number of hydrogen-bond donors (Lipinski definition) is 2. The second-order valence-electron chi connectivity index (χ2n) is 6.21. The van der Waals surface area contributed by atoms with E-state index in [0.717, 1.165) is 23.7 Å². The van der Waals surface area contributed by atoms with Gasteiger partial charge >= 0.3 is 0 Å². The summed E-state index contributed by atoms with van der Waals surface area (Å²) < 4.78 is 5.84. The first kappa shape index (κ1) is 16.1. The minimum absolute atomic E-state index is 0.501. The number of anilines is 1. The average Bonchev–Trinajstić information content (AvgIpc) is 3.32. The van der Waals surface area contributed by atoms with E-state index in [1.54, 1.807) is 0 Å². The third-order valence-electron chi connectivity index (χ3n) is 4.34. The molecule has 1 saturated carbocycles. The Morgan fingerprint density at radius 2 is 1.88 bits per heavy atom. The van der Waals surface area contributed by atoms with E-state index in [2.05, 4.69) is 51.9 Å². The Morgan fingerprint density at radius 1 is 1.08 bits per heavy atom. The van der Waals surface area contributed by atoms with Crippen LogP contribution in [0.25, 0.3) is 0 Å². The van der Waals surface area contributed by atoms with Crippen molar-refractivity contribution in [1.29, 1.82) is 0 Å². The fourth-order valence-corrected chi connectivity index (χ4v) is 3.46. The molecule has 0 aliphatic heterocycles. The maximum absolute atomic E-state index is 5.84. The summed E-state index contributed by atoms with van der Waals surface area (Å²) in [6.45, 7) is 1.33. The number of nitrogens with one attached hydrogen (secondary N) is 1. The Balaban J connectivity index is 1.26. The number of benzene rings is 2.